The van der Waals surface area contributed by atoms with E-state index in [2.05, 4.69) is 47.6 Å². The molecular weight excluding hydrogens is 250 g/mol. The highest BCUT2D eigenvalue weighted by atomic mass is 16.2. The summed E-state index contributed by atoms with van der Waals surface area (Å²) in [4.78, 5) is 14.4. The third kappa shape index (κ3) is 3.58. The molecule has 0 saturated carbocycles. The Kier molecular flexibility index (Phi) is 5.15. The third-order valence-electron chi connectivity index (χ3n) is 3.89. The highest BCUT2D eigenvalue weighted by Crippen LogP contribution is 2.16. The van der Waals surface area contributed by atoms with E-state index in [0.717, 1.165) is 26.2 Å². The SMILES string of the molecule is CCNC(=O)C1CNCCN1Cc1cc(C)ccc1C. The number of rotatable bonds is 4. The number of amides is 1. The smallest absolute Gasteiger partial charge is 0.238 e. The lowest BCUT2D eigenvalue weighted by atomic mass is 10.0. The molecule has 0 radical (unpaired) electrons. The Morgan fingerprint density at radius 2 is 2.25 bits per heavy atom. The summed E-state index contributed by atoms with van der Waals surface area (Å²) in [7, 11) is 0. The van der Waals surface area contributed by atoms with Gasteiger partial charge in [0.2, 0.25) is 5.91 Å². The first-order valence-corrected chi connectivity index (χ1v) is 7.40. The van der Waals surface area contributed by atoms with Crippen molar-refractivity contribution in [2.75, 3.05) is 26.2 Å². The third-order valence-corrected chi connectivity index (χ3v) is 3.89. The van der Waals surface area contributed by atoms with Crippen LogP contribution in [0.25, 0.3) is 0 Å². The van der Waals surface area contributed by atoms with E-state index in [0.29, 0.717) is 6.54 Å². The Hall–Kier alpha value is -1.39. The Labute approximate surface area is 121 Å². The van der Waals surface area contributed by atoms with Crippen LogP contribution in [0.15, 0.2) is 18.2 Å². The number of hydrogen-bond acceptors (Lipinski definition) is 3. The van der Waals surface area contributed by atoms with Gasteiger partial charge in [-0.15, -0.1) is 0 Å². The second-order valence-electron chi connectivity index (χ2n) is 5.51. The first kappa shape index (κ1) is 15.0. The molecular formula is C16H25N3O. The van der Waals surface area contributed by atoms with Gasteiger partial charge in [-0.2, -0.15) is 0 Å². The normalized spacial score (nSPS) is 19.9. The van der Waals surface area contributed by atoms with Gasteiger partial charge in [0.05, 0.1) is 0 Å². The zero-order valence-electron chi connectivity index (χ0n) is 12.7. The number of nitrogens with one attached hydrogen (secondary N) is 2. The van der Waals surface area contributed by atoms with Crippen molar-refractivity contribution in [2.24, 2.45) is 0 Å². The van der Waals surface area contributed by atoms with Crippen molar-refractivity contribution < 1.29 is 4.79 Å². The lowest BCUT2D eigenvalue weighted by molar-refractivity contribution is -0.127. The van der Waals surface area contributed by atoms with Gasteiger partial charge < -0.3 is 10.6 Å². The summed E-state index contributed by atoms with van der Waals surface area (Å²) in [6.45, 7) is 10.3. The zero-order valence-corrected chi connectivity index (χ0v) is 12.7. The van der Waals surface area contributed by atoms with Gasteiger partial charge in [0, 0.05) is 32.7 Å². The second-order valence-corrected chi connectivity index (χ2v) is 5.51. The van der Waals surface area contributed by atoms with E-state index in [-0.39, 0.29) is 11.9 Å². The fourth-order valence-corrected chi connectivity index (χ4v) is 2.68. The Bertz CT molecular complexity index is 473. The van der Waals surface area contributed by atoms with Crippen LogP contribution in [0.3, 0.4) is 0 Å². The maximum Gasteiger partial charge on any atom is 0.238 e. The largest absolute Gasteiger partial charge is 0.355 e. The summed E-state index contributed by atoms with van der Waals surface area (Å²) in [5.41, 5.74) is 3.89. The van der Waals surface area contributed by atoms with Crippen molar-refractivity contribution in [3.8, 4) is 0 Å². The first-order valence-electron chi connectivity index (χ1n) is 7.40. The van der Waals surface area contributed by atoms with Gasteiger partial charge in [-0.3, -0.25) is 9.69 Å². The number of aryl methyl sites for hydroxylation is 2. The molecule has 1 unspecified atom stereocenters. The highest BCUT2D eigenvalue weighted by Gasteiger charge is 2.28. The molecule has 0 aliphatic carbocycles. The number of hydrogen-bond donors (Lipinski definition) is 2. The van der Waals surface area contributed by atoms with Crippen LogP contribution in [0.1, 0.15) is 23.6 Å². The summed E-state index contributed by atoms with van der Waals surface area (Å²) >= 11 is 0. The fourth-order valence-electron chi connectivity index (χ4n) is 2.68. The van der Waals surface area contributed by atoms with Gasteiger partial charge in [-0.25, -0.2) is 0 Å². The summed E-state index contributed by atoms with van der Waals surface area (Å²) < 4.78 is 0. The maximum atomic E-state index is 12.2. The molecule has 0 aromatic heterocycles. The van der Waals surface area contributed by atoms with E-state index in [9.17, 15) is 4.79 Å². The number of piperazine rings is 1. The first-order chi connectivity index (χ1) is 9.61. The number of carbonyl (C=O) groups is 1. The molecule has 20 heavy (non-hydrogen) atoms. The van der Waals surface area contributed by atoms with Crippen molar-refractivity contribution in [3.63, 3.8) is 0 Å². The topological polar surface area (TPSA) is 44.4 Å². The average molecular weight is 275 g/mol. The van der Waals surface area contributed by atoms with Gasteiger partial charge in [0.15, 0.2) is 0 Å². The van der Waals surface area contributed by atoms with Gasteiger partial charge >= 0.3 is 0 Å². The molecule has 1 heterocycles. The Morgan fingerprint density at radius 3 is 3.00 bits per heavy atom. The van der Waals surface area contributed by atoms with E-state index in [1.54, 1.807) is 0 Å². The van der Waals surface area contributed by atoms with E-state index >= 15 is 0 Å². The van der Waals surface area contributed by atoms with E-state index in [4.69, 9.17) is 0 Å². The van der Waals surface area contributed by atoms with Crippen molar-refractivity contribution in [1.82, 2.24) is 15.5 Å². The lowest BCUT2D eigenvalue weighted by Crippen LogP contribution is -2.57. The Morgan fingerprint density at radius 1 is 1.45 bits per heavy atom. The minimum Gasteiger partial charge on any atom is -0.355 e. The molecule has 0 spiro atoms. The minimum absolute atomic E-state index is 0.0661. The molecule has 4 heteroatoms. The quantitative estimate of drug-likeness (QED) is 0.868. The summed E-state index contributed by atoms with van der Waals surface area (Å²) in [5, 5.41) is 6.25. The maximum absolute atomic E-state index is 12.2. The number of nitrogens with zero attached hydrogens (tertiary/aromatic N) is 1. The molecule has 0 bridgehead atoms. The summed E-state index contributed by atoms with van der Waals surface area (Å²) in [5.74, 6) is 0.130. The van der Waals surface area contributed by atoms with Crippen LogP contribution in [-0.2, 0) is 11.3 Å². The number of benzene rings is 1. The molecule has 1 aromatic carbocycles. The highest BCUT2D eigenvalue weighted by molar-refractivity contribution is 5.82. The standard InChI is InChI=1S/C16H25N3O/c1-4-18-16(20)15-10-17-7-8-19(15)11-14-9-12(2)5-6-13(14)3/h5-6,9,15,17H,4,7-8,10-11H2,1-3H3,(H,18,20). The number of likely N-dealkylation sites (N-methyl/N-ethyl adjacent to an activating group) is 1. The molecule has 2 N–H and O–H groups in total. The molecule has 1 amide bonds. The molecule has 2 rings (SSSR count). The lowest BCUT2D eigenvalue weighted by Gasteiger charge is -2.35. The average Bonchev–Trinajstić information content (AvgIpc) is 2.44. The van der Waals surface area contributed by atoms with Crippen LogP contribution in [-0.4, -0.2) is 43.0 Å². The predicted octanol–water partition coefficient (Wildman–Crippen LogP) is 1.21. The van der Waals surface area contributed by atoms with Crippen LogP contribution in [0, 0.1) is 13.8 Å². The zero-order chi connectivity index (χ0) is 14.5. The number of carbonyl (C=O) groups excluding carboxylic acids is 1. The van der Waals surface area contributed by atoms with Crippen LogP contribution in [0.5, 0.6) is 0 Å². The second kappa shape index (κ2) is 6.86. The van der Waals surface area contributed by atoms with Crippen LogP contribution >= 0.6 is 0 Å². The molecule has 1 aliphatic heterocycles. The fraction of sp³-hybridized carbons (Fsp3) is 0.562. The van der Waals surface area contributed by atoms with Crippen molar-refractivity contribution in [2.45, 2.75) is 33.4 Å². The molecule has 1 aromatic rings. The van der Waals surface area contributed by atoms with E-state index in [1.807, 2.05) is 6.92 Å². The molecule has 1 aliphatic rings. The summed E-state index contributed by atoms with van der Waals surface area (Å²) in [6, 6.07) is 6.46. The van der Waals surface area contributed by atoms with Crippen LogP contribution in [0.2, 0.25) is 0 Å². The predicted molar refractivity (Wildman–Crippen MR) is 81.7 cm³/mol. The van der Waals surface area contributed by atoms with E-state index in [1.165, 1.54) is 16.7 Å². The summed E-state index contributed by atoms with van der Waals surface area (Å²) in [6.07, 6.45) is 0. The molecule has 1 fully saturated rings. The molecule has 4 nitrogen and oxygen atoms in total. The molecule has 110 valence electrons. The van der Waals surface area contributed by atoms with Gasteiger partial charge in [-0.05, 0) is 31.9 Å². The van der Waals surface area contributed by atoms with Gasteiger partial charge in [-0.1, -0.05) is 23.8 Å². The minimum atomic E-state index is -0.0661. The molecule has 1 saturated heterocycles. The van der Waals surface area contributed by atoms with Crippen molar-refractivity contribution in [3.05, 3.63) is 34.9 Å². The van der Waals surface area contributed by atoms with Gasteiger partial charge in [0.25, 0.3) is 0 Å². The van der Waals surface area contributed by atoms with Gasteiger partial charge in [0.1, 0.15) is 6.04 Å². The Balaban J connectivity index is 2.12. The monoisotopic (exact) mass is 275 g/mol. The van der Waals surface area contributed by atoms with E-state index < -0.39 is 0 Å². The van der Waals surface area contributed by atoms with Crippen molar-refractivity contribution in [1.29, 1.82) is 0 Å². The molecule has 1 atom stereocenters. The van der Waals surface area contributed by atoms with Crippen LogP contribution < -0.4 is 10.6 Å². The van der Waals surface area contributed by atoms with Crippen molar-refractivity contribution >= 4 is 5.91 Å². The van der Waals surface area contributed by atoms with Crippen LogP contribution in [0.4, 0.5) is 0 Å².